The molecule has 0 radical (unpaired) electrons. The first-order chi connectivity index (χ1) is 12.3. The van der Waals surface area contributed by atoms with E-state index in [0.29, 0.717) is 31.9 Å². The Morgan fingerprint density at radius 1 is 1.38 bits per heavy atom. The van der Waals surface area contributed by atoms with Gasteiger partial charge in [0, 0.05) is 32.6 Å². The van der Waals surface area contributed by atoms with Crippen LogP contribution < -0.4 is 10.6 Å². The molecule has 9 heteroatoms. The van der Waals surface area contributed by atoms with Crippen LogP contribution in [0.1, 0.15) is 19.8 Å². The molecule has 1 aromatic rings. The van der Waals surface area contributed by atoms with Crippen molar-refractivity contribution in [2.75, 3.05) is 32.4 Å². The van der Waals surface area contributed by atoms with Gasteiger partial charge in [0.25, 0.3) is 0 Å². The fourth-order valence-electron chi connectivity index (χ4n) is 2.73. The highest BCUT2D eigenvalue weighted by Crippen LogP contribution is 2.15. The molecule has 1 heterocycles. The minimum absolute atomic E-state index is 0.00743. The third-order valence-corrected chi connectivity index (χ3v) is 5.83. The second-order valence-electron chi connectivity index (χ2n) is 6.16. The molecule has 0 aliphatic carbocycles. The average Bonchev–Trinajstić information content (AvgIpc) is 2.58. The van der Waals surface area contributed by atoms with Gasteiger partial charge in [-0.3, -0.25) is 9.79 Å². The zero-order valence-corrected chi connectivity index (χ0v) is 15.9. The smallest absolute Gasteiger partial charge is 0.222 e. The van der Waals surface area contributed by atoms with Gasteiger partial charge in [0.2, 0.25) is 5.91 Å². The maximum absolute atomic E-state index is 13.7. The number of hydrogen-bond donors (Lipinski definition) is 2. The molecule has 1 aromatic carbocycles. The zero-order valence-electron chi connectivity index (χ0n) is 15.0. The molecule has 144 valence electrons. The van der Waals surface area contributed by atoms with Gasteiger partial charge in [0.05, 0.1) is 12.3 Å². The summed E-state index contributed by atoms with van der Waals surface area (Å²) in [5.74, 6) is -0.436. The molecule has 1 aliphatic rings. The van der Waals surface area contributed by atoms with E-state index in [1.807, 2.05) is 6.92 Å². The number of carbonyl (C=O) groups excluding carboxylic acids is 1. The lowest BCUT2D eigenvalue weighted by Crippen LogP contribution is -2.51. The maximum atomic E-state index is 13.7. The Morgan fingerprint density at radius 3 is 2.77 bits per heavy atom. The molecule has 1 aliphatic heterocycles. The molecule has 0 spiro atoms. The van der Waals surface area contributed by atoms with Crippen molar-refractivity contribution in [2.24, 2.45) is 4.99 Å². The van der Waals surface area contributed by atoms with Crippen LogP contribution in [-0.4, -0.2) is 63.7 Å². The lowest BCUT2D eigenvalue weighted by Gasteiger charge is -2.31. The van der Waals surface area contributed by atoms with E-state index in [1.165, 1.54) is 18.2 Å². The number of likely N-dealkylation sites (tertiary alicyclic amines) is 1. The number of halogens is 1. The standard InChI is InChI=1S/C17H25FN4O3S/c1-3-19-17(21-13-8-9-16(23)22(2)12-13)20-10-11-26(24,25)15-7-5-4-6-14(15)18/h4-7,13H,3,8-12H2,1-2H3,(H2,19,20,21). The molecule has 26 heavy (non-hydrogen) atoms. The van der Waals surface area contributed by atoms with Crippen LogP contribution in [0.2, 0.25) is 0 Å². The van der Waals surface area contributed by atoms with Gasteiger partial charge in [-0.25, -0.2) is 12.8 Å². The molecule has 2 rings (SSSR count). The molecular weight excluding hydrogens is 359 g/mol. The van der Waals surface area contributed by atoms with E-state index in [4.69, 9.17) is 0 Å². The van der Waals surface area contributed by atoms with Gasteiger partial charge < -0.3 is 15.5 Å². The van der Waals surface area contributed by atoms with E-state index >= 15 is 0 Å². The summed E-state index contributed by atoms with van der Waals surface area (Å²) in [4.78, 5) is 17.2. The highest BCUT2D eigenvalue weighted by molar-refractivity contribution is 7.91. The first-order valence-electron chi connectivity index (χ1n) is 8.59. The Kier molecular flexibility index (Phi) is 6.96. The Labute approximate surface area is 153 Å². The minimum atomic E-state index is -3.74. The summed E-state index contributed by atoms with van der Waals surface area (Å²) in [6.45, 7) is 3.10. The predicted octanol–water partition coefficient (Wildman–Crippen LogP) is 0.775. The van der Waals surface area contributed by atoms with Crippen molar-refractivity contribution in [3.8, 4) is 0 Å². The second-order valence-corrected chi connectivity index (χ2v) is 8.24. The summed E-state index contributed by atoms with van der Waals surface area (Å²) in [5, 5.41) is 6.28. The molecule has 0 aromatic heterocycles. The van der Waals surface area contributed by atoms with Crippen molar-refractivity contribution in [1.82, 2.24) is 15.5 Å². The zero-order chi connectivity index (χ0) is 19.2. The van der Waals surface area contributed by atoms with Crippen LogP contribution in [0, 0.1) is 5.82 Å². The van der Waals surface area contributed by atoms with Crippen LogP contribution in [0.15, 0.2) is 34.2 Å². The van der Waals surface area contributed by atoms with Gasteiger partial charge in [-0.1, -0.05) is 12.1 Å². The van der Waals surface area contributed by atoms with Crippen LogP contribution in [0.3, 0.4) is 0 Å². The predicted molar refractivity (Wildman–Crippen MR) is 98.2 cm³/mol. The SMILES string of the molecule is CCNC(=NCCS(=O)(=O)c1ccccc1F)NC1CCC(=O)N(C)C1. The number of aliphatic imine (C=N–C) groups is 1. The molecule has 1 unspecified atom stereocenters. The van der Waals surface area contributed by atoms with Gasteiger partial charge in [-0.15, -0.1) is 0 Å². The molecule has 1 amide bonds. The number of nitrogens with one attached hydrogen (secondary N) is 2. The topological polar surface area (TPSA) is 90.9 Å². The van der Waals surface area contributed by atoms with Crippen molar-refractivity contribution in [3.05, 3.63) is 30.1 Å². The Hall–Kier alpha value is -2.16. The van der Waals surface area contributed by atoms with Crippen LogP contribution in [0.25, 0.3) is 0 Å². The van der Waals surface area contributed by atoms with E-state index in [9.17, 15) is 17.6 Å². The van der Waals surface area contributed by atoms with Gasteiger partial charge in [-0.2, -0.15) is 0 Å². The number of hydrogen-bond acceptors (Lipinski definition) is 4. The molecule has 0 bridgehead atoms. The number of rotatable bonds is 6. The summed E-state index contributed by atoms with van der Waals surface area (Å²) in [5.41, 5.74) is 0. The summed E-state index contributed by atoms with van der Waals surface area (Å²) in [6.07, 6.45) is 1.16. The fraction of sp³-hybridized carbons (Fsp3) is 0.529. The van der Waals surface area contributed by atoms with E-state index in [2.05, 4.69) is 15.6 Å². The molecule has 1 saturated heterocycles. The Balaban J connectivity index is 1.98. The minimum Gasteiger partial charge on any atom is -0.357 e. The molecule has 7 nitrogen and oxygen atoms in total. The van der Waals surface area contributed by atoms with E-state index < -0.39 is 15.7 Å². The summed E-state index contributed by atoms with van der Waals surface area (Å²) in [7, 11) is -1.99. The summed E-state index contributed by atoms with van der Waals surface area (Å²) < 4.78 is 38.2. The molecular formula is C17H25FN4O3S. The number of likely N-dealkylation sites (N-methyl/N-ethyl adjacent to an activating group) is 1. The van der Waals surface area contributed by atoms with E-state index in [-0.39, 0.29) is 29.1 Å². The molecule has 0 saturated carbocycles. The van der Waals surface area contributed by atoms with Crippen molar-refractivity contribution in [3.63, 3.8) is 0 Å². The maximum Gasteiger partial charge on any atom is 0.222 e. The van der Waals surface area contributed by atoms with Crippen molar-refractivity contribution in [2.45, 2.75) is 30.7 Å². The number of guanidine groups is 1. The highest BCUT2D eigenvalue weighted by Gasteiger charge is 2.23. The van der Waals surface area contributed by atoms with Crippen LogP contribution in [0.5, 0.6) is 0 Å². The summed E-state index contributed by atoms with van der Waals surface area (Å²) in [6, 6.07) is 5.38. The Morgan fingerprint density at radius 2 is 2.12 bits per heavy atom. The first kappa shape index (κ1) is 20.2. The fourth-order valence-corrected chi connectivity index (χ4v) is 3.93. The Bertz CT molecular complexity index is 767. The van der Waals surface area contributed by atoms with Crippen molar-refractivity contribution in [1.29, 1.82) is 0 Å². The first-order valence-corrected chi connectivity index (χ1v) is 10.2. The average molecular weight is 384 g/mol. The van der Waals surface area contributed by atoms with Crippen LogP contribution in [-0.2, 0) is 14.6 Å². The number of benzene rings is 1. The number of nitrogens with zero attached hydrogens (tertiary/aromatic N) is 2. The monoisotopic (exact) mass is 384 g/mol. The molecule has 2 N–H and O–H groups in total. The third-order valence-electron chi connectivity index (χ3n) is 4.11. The molecule has 1 atom stereocenters. The lowest BCUT2D eigenvalue weighted by molar-refractivity contribution is -0.132. The van der Waals surface area contributed by atoms with Crippen molar-refractivity contribution >= 4 is 21.7 Å². The van der Waals surface area contributed by atoms with Crippen LogP contribution >= 0.6 is 0 Å². The quantitative estimate of drug-likeness (QED) is 0.559. The number of piperidine rings is 1. The largest absolute Gasteiger partial charge is 0.357 e. The van der Waals surface area contributed by atoms with Gasteiger partial charge in [0.1, 0.15) is 10.7 Å². The number of carbonyl (C=O) groups is 1. The van der Waals surface area contributed by atoms with Crippen LogP contribution in [0.4, 0.5) is 4.39 Å². The van der Waals surface area contributed by atoms with Gasteiger partial charge in [0.15, 0.2) is 15.8 Å². The van der Waals surface area contributed by atoms with E-state index in [0.717, 1.165) is 6.07 Å². The van der Waals surface area contributed by atoms with Gasteiger partial charge >= 0.3 is 0 Å². The normalized spacial score (nSPS) is 18.7. The number of sulfone groups is 1. The van der Waals surface area contributed by atoms with Gasteiger partial charge in [-0.05, 0) is 25.5 Å². The summed E-state index contributed by atoms with van der Waals surface area (Å²) >= 11 is 0. The third kappa shape index (κ3) is 5.42. The highest BCUT2D eigenvalue weighted by atomic mass is 32.2. The lowest BCUT2D eigenvalue weighted by atomic mass is 10.1. The van der Waals surface area contributed by atoms with Crippen molar-refractivity contribution < 1.29 is 17.6 Å². The number of amides is 1. The molecule has 1 fully saturated rings. The van der Waals surface area contributed by atoms with E-state index in [1.54, 1.807) is 11.9 Å². The second kappa shape index (κ2) is 8.98.